The normalized spacial score (nSPS) is 18.4. The Labute approximate surface area is 121 Å². The highest BCUT2D eigenvalue weighted by molar-refractivity contribution is 7.80. The molecule has 1 amide bonds. The summed E-state index contributed by atoms with van der Waals surface area (Å²) in [5.41, 5.74) is 0.290. The van der Waals surface area contributed by atoms with Crippen LogP contribution in [-0.2, 0) is 4.79 Å². The summed E-state index contributed by atoms with van der Waals surface area (Å²) in [5, 5.41) is 11.2. The molecular weight excluding hydrogens is 280 g/mol. The summed E-state index contributed by atoms with van der Waals surface area (Å²) in [6.07, 6.45) is 0.342. The van der Waals surface area contributed by atoms with Crippen molar-refractivity contribution in [3.8, 4) is 0 Å². The van der Waals surface area contributed by atoms with Crippen molar-refractivity contribution in [2.45, 2.75) is 13.3 Å². The zero-order chi connectivity index (χ0) is 14.9. The third kappa shape index (κ3) is 2.67. The monoisotopic (exact) mass is 294 g/mol. The molecule has 6 nitrogen and oxygen atoms in total. The van der Waals surface area contributed by atoms with Crippen LogP contribution in [0.15, 0.2) is 18.2 Å². The molecule has 0 bridgehead atoms. The van der Waals surface area contributed by atoms with E-state index in [-0.39, 0.29) is 34.5 Å². The van der Waals surface area contributed by atoms with Crippen LogP contribution in [0, 0.1) is 16.0 Å². The topological polar surface area (TPSA) is 80.5 Å². The number of Topliss-reactive ketones (excluding diaryl/α,β-unsaturated/α-hetero) is 1. The average Bonchev–Trinajstić information content (AvgIpc) is 2.79. The minimum Gasteiger partial charge on any atom is -0.306 e. The van der Waals surface area contributed by atoms with Gasteiger partial charge in [0.2, 0.25) is 5.91 Å². The highest BCUT2D eigenvalue weighted by Gasteiger charge is 2.33. The lowest BCUT2D eigenvalue weighted by molar-refractivity contribution is -0.384. The number of nitrogens with zero attached hydrogens (tertiary/aromatic N) is 2. The number of nitro benzene ring substituents is 1. The van der Waals surface area contributed by atoms with Crippen molar-refractivity contribution in [3.05, 3.63) is 33.9 Å². The van der Waals surface area contributed by atoms with E-state index in [0.717, 1.165) is 0 Å². The van der Waals surface area contributed by atoms with Crippen molar-refractivity contribution < 1.29 is 14.5 Å². The van der Waals surface area contributed by atoms with Crippen LogP contribution in [0.2, 0.25) is 0 Å². The Hall–Kier alpha value is -1.89. The average molecular weight is 294 g/mol. The van der Waals surface area contributed by atoms with Crippen LogP contribution in [0.25, 0.3) is 0 Å². The van der Waals surface area contributed by atoms with Gasteiger partial charge in [-0.3, -0.25) is 19.7 Å². The van der Waals surface area contributed by atoms with Crippen LogP contribution in [0.5, 0.6) is 0 Å². The molecule has 1 fully saturated rings. The first kappa shape index (κ1) is 14.5. The second-order valence-electron chi connectivity index (χ2n) is 4.77. The minimum atomic E-state index is -0.566. The van der Waals surface area contributed by atoms with Gasteiger partial charge in [-0.25, -0.2) is 0 Å². The van der Waals surface area contributed by atoms with Crippen molar-refractivity contribution in [2.24, 2.45) is 5.92 Å². The number of carbonyl (C=O) groups excluding carboxylic acids is 2. The fraction of sp³-hybridized carbons (Fsp3) is 0.385. The minimum absolute atomic E-state index is 0.0953. The maximum absolute atomic E-state index is 11.9. The number of thiol groups is 1. The fourth-order valence-electron chi connectivity index (χ4n) is 2.25. The van der Waals surface area contributed by atoms with Crippen molar-refractivity contribution in [1.29, 1.82) is 0 Å². The molecule has 1 atom stereocenters. The predicted molar refractivity (Wildman–Crippen MR) is 77.4 cm³/mol. The van der Waals surface area contributed by atoms with Crippen LogP contribution < -0.4 is 4.90 Å². The van der Waals surface area contributed by atoms with Crippen LogP contribution in [0.4, 0.5) is 11.4 Å². The van der Waals surface area contributed by atoms with E-state index in [4.69, 9.17) is 0 Å². The second kappa shape index (κ2) is 5.62. The van der Waals surface area contributed by atoms with E-state index >= 15 is 0 Å². The fourth-order valence-corrected chi connectivity index (χ4v) is 2.50. The number of benzene rings is 1. The van der Waals surface area contributed by atoms with Gasteiger partial charge in [0.15, 0.2) is 5.78 Å². The Kier molecular flexibility index (Phi) is 4.08. The Bertz CT molecular complexity index is 588. The first-order valence-electron chi connectivity index (χ1n) is 6.14. The Morgan fingerprint density at radius 3 is 2.75 bits per heavy atom. The molecule has 1 aliphatic rings. The predicted octanol–water partition coefficient (Wildman–Crippen LogP) is 2.08. The van der Waals surface area contributed by atoms with Gasteiger partial charge in [-0.2, -0.15) is 12.6 Å². The Morgan fingerprint density at radius 1 is 1.55 bits per heavy atom. The zero-order valence-electron chi connectivity index (χ0n) is 10.9. The molecule has 1 aromatic carbocycles. The lowest BCUT2D eigenvalue weighted by Crippen LogP contribution is -2.25. The third-order valence-corrected chi connectivity index (χ3v) is 3.85. The van der Waals surface area contributed by atoms with Gasteiger partial charge in [-0.05, 0) is 30.7 Å². The van der Waals surface area contributed by atoms with E-state index in [9.17, 15) is 19.7 Å². The number of hydrogen-bond acceptors (Lipinski definition) is 5. The van der Waals surface area contributed by atoms with Gasteiger partial charge >= 0.3 is 0 Å². The molecule has 0 spiro atoms. The van der Waals surface area contributed by atoms with E-state index in [1.54, 1.807) is 0 Å². The summed E-state index contributed by atoms with van der Waals surface area (Å²) in [7, 11) is 0. The largest absolute Gasteiger partial charge is 0.306 e. The Balaban J connectivity index is 2.44. The smallest absolute Gasteiger partial charge is 0.293 e. The van der Waals surface area contributed by atoms with Gasteiger partial charge in [0.25, 0.3) is 5.69 Å². The van der Waals surface area contributed by atoms with Crippen LogP contribution in [0.3, 0.4) is 0 Å². The third-order valence-electron chi connectivity index (χ3n) is 3.33. The highest BCUT2D eigenvalue weighted by Crippen LogP contribution is 2.34. The number of carbonyl (C=O) groups is 2. The molecule has 1 aromatic rings. The maximum atomic E-state index is 11.9. The Morgan fingerprint density at radius 2 is 2.25 bits per heavy atom. The van der Waals surface area contributed by atoms with Gasteiger partial charge in [0.05, 0.1) is 4.92 Å². The number of hydrogen-bond donors (Lipinski definition) is 1. The first-order valence-corrected chi connectivity index (χ1v) is 6.78. The van der Waals surface area contributed by atoms with Gasteiger partial charge < -0.3 is 4.90 Å². The van der Waals surface area contributed by atoms with Gasteiger partial charge in [0.1, 0.15) is 5.69 Å². The molecule has 1 aliphatic heterocycles. The van der Waals surface area contributed by atoms with Gasteiger partial charge in [-0.15, -0.1) is 0 Å². The molecule has 0 aromatic heterocycles. The molecule has 1 heterocycles. The van der Waals surface area contributed by atoms with E-state index in [1.165, 1.54) is 30.0 Å². The van der Waals surface area contributed by atoms with E-state index in [1.807, 2.05) is 0 Å². The molecule has 106 valence electrons. The van der Waals surface area contributed by atoms with Crippen LogP contribution in [-0.4, -0.2) is 28.9 Å². The number of anilines is 1. The van der Waals surface area contributed by atoms with E-state index in [0.29, 0.717) is 18.7 Å². The van der Waals surface area contributed by atoms with E-state index in [2.05, 4.69) is 12.6 Å². The molecule has 2 rings (SSSR count). The molecule has 0 aliphatic carbocycles. The first-order chi connectivity index (χ1) is 9.43. The number of nitro groups is 1. The SMILES string of the molecule is CC(=O)c1ccc(N2CC(CS)CC2=O)c([N+](=O)[O-])c1. The van der Waals surface area contributed by atoms with Crippen molar-refractivity contribution in [1.82, 2.24) is 0 Å². The number of ketones is 1. The second-order valence-corrected chi connectivity index (χ2v) is 5.14. The lowest BCUT2D eigenvalue weighted by Gasteiger charge is -2.16. The molecule has 1 saturated heterocycles. The summed E-state index contributed by atoms with van der Waals surface area (Å²) in [6, 6.07) is 4.19. The van der Waals surface area contributed by atoms with E-state index < -0.39 is 4.92 Å². The molecular formula is C13H14N2O4S. The maximum Gasteiger partial charge on any atom is 0.293 e. The van der Waals surface area contributed by atoms with Gasteiger partial charge in [-0.1, -0.05) is 0 Å². The van der Waals surface area contributed by atoms with Crippen LogP contribution >= 0.6 is 12.6 Å². The lowest BCUT2D eigenvalue weighted by atomic mass is 10.1. The summed E-state index contributed by atoms with van der Waals surface area (Å²) in [4.78, 5) is 35.2. The molecule has 7 heteroatoms. The zero-order valence-corrected chi connectivity index (χ0v) is 11.8. The molecule has 0 N–H and O–H groups in total. The molecule has 0 radical (unpaired) electrons. The highest BCUT2D eigenvalue weighted by atomic mass is 32.1. The quantitative estimate of drug-likeness (QED) is 0.399. The molecule has 20 heavy (non-hydrogen) atoms. The van der Waals surface area contributed by atoms with Crippen molar-refractivity contribution >= 4 is 35.7 Å². The van der Waals surface area contributed by atoms with Crippen LogP contribution in [0.1, 0.15) is 23.7 Å². The molecule has 1 unspecified atom stereocenters. The summed E-state index contributed by atoms with van der Waals surface area (Å²) in [5.74, 6) is 0.253. The van der Waals surface area contributed by atoms with Crippen molar-refractivity contribution in [2.75, 3.05) is 17.2 Å². The number of amides is 1. The van der Waals surface area contributed by atoms with Crippen molar-refractivity contribution in [3.63, 3.8) is 0 Å². The molecule has 0 saturated carbocycles. The van der Waals surface area contributed by atoms with Gasteiger partial charge in [0, 0.05) is 24.6 Å². The number of rotatable bonds is 4. The standard InChI is InChI=1S/C13H14N2O4S/c1-8(16)10-2-3-11(12(5-10)15(18)19)14-6-9(7-20)4-13(14)17/h2-3,5,9,20H,4,6-7H2,1H3. The summed E-state index contributed by atoms with van der Waals surface area (Å²) < 4.78 is 0. The summed E-state index contributed by atoms with van der Waals surface area (Å²) in [6.45, 7) is 1.76. The summed E-state index contributed by atoms with van der Waals surface area (Å²) >= 11 is 4.16.